The highest BCUT2D eigenvalue weighted by molar-refractivity contribution is 5.82. The number of fused-ring (bicyclic) bond motifs is 1. The zero-order valence-electron chi connectivity index (χ0n) is 12.9. The summed E-state index contributed by atoms with van der Waals surface area (Å²) in [6.07, 6.45) is -0.186. The smallest absolute Gasteiger partial charge is 0.305 e. The molecule has 0 fully saturated rings. The van der Waals surface area contributed by atoms with Crippen LogP contribution in [0.1, 0.15) is 26.3 Å². The van der Waals surface area contributed by atoms with Gasteiger partial charge in [-0.05, 0) is 18.1 Å². The van der Waals surface area contributed by atoms with E-state index in [1.165, 1.54) is 0 Å². The molecule has 2 rings (SSSR count). The van der Waals surface area contributed by atoms with Gasteiger partial charge in [0.2, 0.25) is 5.91 Å². The number of carboxylic acid groups (broad SMARTS) is 1. The third-order valence-corrected chi connectivity index (χ3v) is 3.39. The minimum absolute atomic E-state index is 0.00680. The molecule has 122 valence electrons. The van der Waals surface area contributed by atoms with Gasteiger partial charge in [-0.3, -0.25) is 14.4 Å². The van der Waals surface area contributed by atoms with E-state index in [0.717, 1.165) is 4.68 Å². The lowest BCUT2D eigenvalue weighted by Crippen LogP contribution is -2.42. The lowest BCUT2D eigenvalue weighted by atomic mass is 10.0. The van der Waals surface area contributed by atoms with Gasteiger partial charge in [-0.25, -0.2) is 0 Å². The van der Waals surface area contributed by atoms with E-state index in [1.54, 1.807) is 38.1 Å². The van der Waals surface area contributed by atoms with E-state index in [-0.39, 0.29) is 18.9 Å². The highest BCUT2D eigenvalue weighted by Gasteiger charge is 2.27. The van der Waals surface area contributed by atoms with Crippen LogP contribution in [0.3, 0.4) is 0 Å². The maximum atomic E-state index is 12.5. The highest BCUT2D eigenvalue weighted by atomic mass is 16.4. The van der Waals surface area contributed by atoms with Crippen LogP contribution < -0.4 is 10.9 Å². The Hall–Kier alpha value is -2.77. The Bertz CT molecular complexity index is 784. The zero-order chi connectivity index (χ0) is 17.0. The van der Waals surface area contributed by atoms with Crippen LogP contribution in [0.4, 0.5) is 0 Å². The molecule has 1 aromatic carbocycles. The van der Waals surface area contributed by atoms with E-state index >= 15 is 0 Å². The maximum absolute atomic E-state index is 12.5. The first-order valence-corrected chi connectivity index (χ1v) is 7.25. The molecule has 0 aliphatic carbocycles. The molecule has 1 aromatic heterocycles. The summed E-state index contributed by atoms with van der Waals surface area (Å²) in [6.45, 7) is 3.56. The summed E-state index contributed by atoms with van der Waals surface area (Å²) in [5, 5.41) is 19.4. The fourth-order valence-corrected chi connectivity index (χ4v) is 2.28. The second-order valence-electron chi connectivity index (χ2n) is 5.48. The normalized spacial score (nSPS) is 12.3. The van der Waals surface area contributed by atoms with Gasteiger partial charge in [0.1, 0.15) is 11.6 Å². The molecule has 2 aromatic rings. The molecule has 8 nitrogen and oxygen atoms in total. The number of rotatable bonds is 6. The molecule has 0 aliphatic heterocycles. The number of aromatic nitrogens is 3. The number of carbonyl (C=O) groups is 2. The second kappa shape index (κ2) is 6.99. The highest BCUT2D eigenvalue weighted by Crippen LogP contribution is 2.16. The quantitative estimate of drug-likeness (QED) is 0.805. The molecular weight excluding hydrogens is 300 g/mol. The maximum Gasteiger partial charge on any atom is 0.305 e. The van der Waals surface area contributed by atoms with Crippen molar-refractivity contribution in [3.63, 3.8) is 0 Å². The molecule has 1 atom stereocenters. The van der Waals surface area contributed by atoms with Gasteiger partial charge in [-0.2, -0.15) is 4.68 Å². The van der Waals surface area contributed by atoms with Crippen LogP contribution >= 0.6 is 0 Å². The topological polar surface area (TPSA) is 114 Å². The average molecular weight is 318 g/mol. The molecule has 0 aliphatic rings. The molecule has 0 bridgehead atoms. The van der Waals surface area contributed by atoms with E-state index in [1.807, 2.05) is 0 Å². The number of nitrogens with zero attached hydrogens (tertiary/aromatic N) is 3. The van der Waals surface area contributed by atoms with Crippen molar-refractivity contribution in [1.29, 1.82) is 0 Å². The predicted octanol–water partition coefficient (Wildman–Crippen LogP) is 0.579. The van der Waals surface area contributed by atoms with E-state index < -0.39 is 23.5 Å². The van der Waals surface area contributed by atoms with Crippen LogP contribution in [0, 0.1) is 5.92 Å². The number of amides is 1. The van der Waals surface area contributed by atoms with Gasteiger partial charge in [0, 0.05) is 6.54 Å². The summed E-state index contributed by atoms with van der Waals surface area (Å²) in [4.78, 5) is 35.4. The SMILES string of the molecule is CC(C)C(C(=O)NCCC(=O)O)n1nnc2ccccc2c1=O. The summed E-state index contributed by atoms with van der Waals surface area (Å²) in [7, 11) is 0. The van der Waals surface area contributed by atoms with Crippen molar-refractivity contribution >= 4 is 22.8 Å². The second-order valence-corrected chi connectivity index (χ2v) is 5.48. The molecule has 1 heterocycles. The van der Waals surface area contributed by atoms with Crippen LogP contribution in [-0.4, -0.2) is 38.5 Å². The Labute approximate surface area is 132 Å². The van der Waals surface area contributed by atoms with Crippen molar-refractivity contribution in [2.24, 2.45) is 5.92 Å². The van der Waals surface area contributed by atoms with Crippen LogP contribution in [0.5, 0.6) is 0 Å². The Morgan fingerprint density at radius 3 is 2.65 bits per heavy atom. The van der Waals surface area contributed by atoms with Gasteiger partial charge < -0.3 is 10.4 Å². The number of hydrogen-bond donors (Lipinski definition) is 2. The van der Waals surface area contributed by atoms with Crippen molar-refractivity contribution in [1.82, 2.24) is 20.3 Å². The fraction of sp³-hybridized carbons (Fsp3) is 0.400. The first-order chi connectivity index (χ1) is 10.9. The molecule has 0 radical (unpaired) electrons. The Balaban J connectivity index is 2.34. The summed E-state index contributed by atoms with van der Waals surface area (Å²) < 4.78 is 1.06. The molecule has 23 heavy (non-hydrogen) atoms. The summed E-state index contributed by atoms with van der Waals surface area (Å²) in [5.74, 6) is -1.67. The Morgan fingerprint density at radius 2 is 2.00 bits per heavy atom. The molecule has 0 saturated carbocycles. The van der Waals surface area contributed by atoms with Gasteiger partial charge in [-0.1, -0.05) is 31.2 Å². The fourth-order valence-electron chi connectivity index (χ4n) is 2.28. The molecular formula is C15H18N4O4. The van der Waals surface area contributed by atoms with E-state index in [9.17, 15) is 14.4 Å². The minimum atomic E-state index is -1.01. The predicted molar refractivity (Wildman–Crippen MR) is 82.9 cm³/mol. The average Bonchev–Trinajstić information content (AvgIpc) is 2.49. The third-order valence-electron chi connectivity index (χ3n) is 3.39. The number of carbonyl (C=O) groups excluding carboxylic acids is 1. The largest absolute Gasteiger partial charge is 0.481 e. The van der Waals surface area contributed by atoms with Crippen molar-refractivity contribution in [2.45, 2.75) is 26.3 Å². The van der Waals surface area contributed by atoms with Crippen LogP contribution in [0.25, 0.3) is 10.9 Å². The van der Waals surface area contributed by atoms with Crippen molar-refractivity contribution in [3.8, 4) is 0 Å². The van der Waals surface area contributed by atoms with Gasteiger partial charge in [0.25, 0.3) is 5.56 Å². The van der Waals surface area contributed by atoms with Gasteiger partial charge >= 0.3 is 5.97 Å². The zero-order valence-corrected chi connectivity index (χ0v) is 12.9. The van der Waals surface area contributed by atoms with Gasteiger partial charge in [-0.15, -0.1) is 5.10 Å². The number of benzene rings is 1. The molecule has 8 heteroatoms. The molecule has 0 saturated heterocycles. The number of nitrogens with one attached hydrogen (secondary N) is 1. The summed E-state index contributed by atoms with van der Waals surface area (Å²) in [5.41, 5.74) is 0.0604. The lowest BCUT2D eigenvalue weighted by molar-refractivity contribution is -0.137. The first-order valence-electron chi connectivity index (χ1n) is 7.25. The first kappa shape index (κ1) is 16.6. The summed E-state index contributed by atoms with van der Waals surface area (Å²) >= 11 is 0. The standard InChI is InChI=1S/C15H18N4O4/c1-9(2)13(14(22)16-8-7-12(20)21)19-15(23)10-5-3-4-6-11(10)17-18-19/h3-6,9,13H,7-8H2,1-2H3,(H,16,22)(H,20,21). The molecule has 1 amide bonds. The molecule has 0 spiro atoms. The third kappa shape index (κ3) is 3.71. The van der Waals surface area contributed by atoms with E-state index in [0.29, 0.717) is 10.9 Å². The van der Waals surface area contributed by atoms with Crippen molar-refractivity contribution in [2.75, 3.05) is 6.54 Å². The lowest BCUT2D eigenvalue weighted by Gasteiger charge is -2.20. The van der Waals surface area contributed by atoms with Crippen LogP contribution in [0.15, 0.2) is 29.1 Å². The summed E-state index contributed by atoms with van der Waals surface area (Å²) in [6, 6.07) is 5.91. The van der Waals surface area contributed by atoms with Crippen molar-refractivity contribution in [3.05, 3.63) is 34.6 Å². The number of aliphatic carboxylic acids is 1. The monoisotopic (exact) mass is 318 g/mol. The Morgan fingerprint density at radius 1 is 1.30 bits per heavy atom. The number of hydrogen-bond acceptors (Lipinski definition) is 5. The molecule has 1 unspecified atom stereocenters. The number of carboxylic acids is 1. The van der Waals surface area contributed by atoms with E-state index in [4.69, 9.17) is 5.11 Å². The van der Waals surface area contributed by atoms with Gasteiger partial charge in [0.05, 0.1) is 11.8 Å². The van der Waals surface area contributed by atoms with Crippen molar-refractivity contribution < 1.29 is 14.7 Å². The Kier molecular flexibility index (Phi) is 5.05. The van der Waals surface area contributed by atoms with Crippen LogP contribution in [-0.2, 0) is 9.59 Å². The molecule has 2 N–H and O–H groups in total. The minimum Gasteiger partial charge on any atom is -0.481 e. The van der Waals surface area contributed by atoms with Gasteiger partial charge in [0.15, 0.2) is 0 Å². The van der Waals surface area contributed by atoms with E-state index in [2.05, 4.69) is 15.6 Å². The van der Waals surface area contributed by atoms with Crippen LogP contribution in [0.2, 0.25) is 0 Å².